The predicted molar refractivity (Wildman–Crippen MR) is 96.8 cm³/mol. The number of piperidine rings is 1. The number of ether oxygens (including phenoxy) is 1. The zero-order valence-corrected chi connectivity index (χ0v) is 14.1. The van der Waals surface area contributed by atoms with Crippen LogP contribution in [0.2, 0.25) is 0 Å². The lowest BCUT2D eigenvalue weighted by Gasteiger charge is -2.30. The Morgan fingerprint density at radius 1 is 1.04 bits per heavy atom. The second kappa shape index (κ2) is 8.16. The van der Waals surface area contributed by atoms with Crippen LogP contribution in [0, 0.1) is 5.92 Å². The first-order valence-corrected chi connectivity index (χ1v) is 8.82. The molecule has 1 aliphatic rings. The highest BCUT2D eigenvalue weighted by Crippen LogP contribution is 2.29. The van der Waals surface area contributed by atoms with Crippen LogP contribution in [0.25, 0.3) is 11.1 Å². The van der Waals surface area contributed by atoms with Crippen molar-refractivity contribution < 1.29 is 4.74 Å². The number of hydrogen-bond donors (Lipinski definition) is 0. The standard InChI is InChI=1S/C21H27NO/c1-18-9-7-14-22(17-18)15-8-16-23-21-13-6-5-12-20(21)19-10-3-2-4-11-19/h2-6,10-13,18H,7-9,14-17H2,1H3/t18-/m1/s1. The average Bonchev–Trinajstić information content (AvgIpc) is 2.60. The van der Waals surface area contributed by atoms with Gasteiger partial charge in [-0.05, 0) is 43.4 Å². The largest absolute Gasteiger partial charge is 0.493 e. The molecule has 0 saturated carbocycles. The van der Waals surface area contributed by atoms with Crippen LogP contribution in [0.4, 0.5) is 0 Å². The van der Waals surface area contributed by atoms with Crippen LogP contribution < -0.4 is 4.74 Å². The van der Waals surface area contributed by atoms with Crippen molar-refractivity contribution in [3.8, 4) is 16.9 Å². The number of nitrogens with zero attached hydrogens (tertiary/aromatic N) is 1. The normalized spacial score (nSPS) is 18.7. The average molecular weight is 309 g/mol. The molecule has 0 radical (unpaired) electrons. The summed E-state index contributed by atoms with van der Waals surface area (Å²) < 4.78 is 6.08. The van der Waals surface area contributed by atoms with Gasteiger partial charge in [0.15, 0.2) is 0 Å². The van der Waals surface area contributed by atoms with Gasteiger partial charge in [-0.15, -0.1) is 0 Å². The molecule has 2 aromatic rings. The fraction of sp³-hybridized carbons (Fsp3) is 0.429. The van der Waals surface area contributed by atoms with Crippen molar-refractivity contribution in [1.29, 1.82) is 0 Å². The number of rotatable bonds is 6. The molecule has 1 saturated heterocycles. The first-order chi connectivity index (χ1) is 11.3. The van der Waals surface area contributed by atoms with E-state index in [1.165, 1.54) is 37.1 Å². The predicted octanol–water partition coefficient (Wildman–Crippen LogP) is 4.85. The van der Waals surface area contributed by atoms with E-state index in [-0.39, 0.29) is 0 Å². The van der Waals surface area contributed by atoms with Gasteiger partial charge >= 0.3 is 0 Å². The monoisotopic (exact) mass is 309 g/mol. The van der Waals surface area contributed by atoms with Crippen molar-refractivity contribution in [2.24, 2.45) is 5.92 Å². The van der Waals surface area contributed by atoms with E-state index >= 15 is 0 Å². The molecule has 23 heavy (non-hydrogen) atoms. The van der Waals surface area contributed by atoms with Gasteiger partial charge in [-0.25, -0.2) is 0 Å². The van der Waals surface area contributed by atoms with Gasteiger partial charge in [0.1, 0.15) is 5.75 Å². The Morgan fingerprint density at radius 3 is 2.65 bits per heavy atom. The molecular formula is C21H27NO. The van der Waals surface area contributed by atoms with Gasteiger partial charge in [0.25, 0.3) is 0 Å². The molecule has 1 fully saturated rings. The van der Waals surface area contributed by atoms with Crippen molar-refractivity contribution in [2.75, 3.05) is 26.2 Å². The number of para-hydroxylation sites is 1. The Bertz CT molecular complexity index is 596. The number of likely N-dealkylation sites (tertiary alicyclic amines) is 1. The minimum atomic E-state index is 0.786. The zero-order valence-electron chi connectivity index (χ0n) is 14.1. The lowest BCUT2D eigenvalue weighted by molar-refractivity contribution is 0.170. The summed E-state index contributed by atoms with van der Waals surface area (Å²) in [5, 5.41) is 0. The Labute approximate surface area is 140 Å². The van der Waals surface area contributed by atoms with Crippen molar-refractivity contribution in [1.82, 2.24) is 4.90 Å². The number of benzene rings is 2. The summed E-state index contributed by atoms with van der Waals surface area (Å²) >= 11 is 0. The van der Waals surface area contributed by atoms with E-state index in [0.717, 1.165) is 31.2 Å². The molecule has 0 bridgehead atoms. The molecular weight excluding hydrogens is 282 g/mol. The van der Waals surface area contributed by atoms with E-state index in [9.17, 15) is 0 Å². The van der Waals surface area contributed by atoms with Gasteiger partial charge in [-0.2, -0.15) is 0 Å². The van der Waals surface area contributed by atoms with Crippen LogP contribution in [0.15, 0.2) is 54.6 Å². The van der Waals surface area contributed by atoms with Crippen LogP contribution in [-0.4, -0.2) is 31.1 Å². The Balaban J connectivity index is 1.53. The molecule has 2 aromatic carbocycles. The van der Waals surface area contributed by atoms with Gasteiger partial charge in [-0.1, -0.05) is 55.5 Å². The third-order valence-electron chi connectivity index (χ3n) is 4.59. The number of hydrogen-bond acceptors (Lipinski definition) is 2. The van der Waals surface area contributed by atoms with E-state index < -0.39 is 0 Å². The molecule has 0 amide bonds. The van der Waals surface area contributed by atoms with Crippen LogP contribution in [0.5, 0.6) is 5.75 Å². The van der Waals surface area contributed by atoms with Crippen molar-refractivity contribution in [3.05, 3.63) is 54.6 Å². The highest BCUT2D eigenvalue weighted by Gasteiger charge is 2.15. The van der Waals surface area contributed by atoms with E-state index in [4.69, 9.17) is 4.74 Å². The maximum absolute atomic E-state index is 6.08. The molecule has 0 aromatic heterocycles. The van der Waals surface area contributed by atoms with Crippen LogP contribution in [0.1, 0.15) is 26.2 Å². The summed E-state index contributed by atoms with van der Waals surface area (Å²) in [5.74, 6) is 1.84. The lowest BCUT2D eigenvalue weighted by Crippen LogP contribution is -2.35. The summed E-state index contributed by atoms with van der Waals surface area (Å²) in [6.07, 6.45) is 3.83. The molecule has 122 valence electrons. The van der Waals surface area contributed by atoms with Crippen molar-refractivity contribution in [3.63, 3.8) is 0 Å². The lowest BCUT2D eigenvalue weighted by atomic mass is 10.0. The topological polar surface area (TPSA) is 12.5 Å². The Morgan fingerprint density at radius 2 is 1.83 bits per heavy atom. The van der Waals surface area contributed by atoms with Crippen molar-refractivity contribution in [2.45, 2.75) is 26.2 Å². The van der Waals surface area contributed by atoms with Gasteiger partial charge < -0.3 is 9.64 Å². The summed E-state index contributed by atoms with van der Waals surface area (Å²) in [6.45, 7) is 6.80. The van der Waals surface area contributed by atoms with Gasteiger partial charge in [0, 0.05) is 18.7 Å². The summed E-state index contributed by atoms with van der Waals surface area (Å²) in [5.41, 5.74) is 2.40. The Kier molecular flexibility index (Phi) is 5.71. The van der Waals surface area contributed by atoms with E-state index in [1.54, 1.807) is 0 Å². The molecule has 2 nitrogen and oxygen atoms in total. The molecule has 1 atom stereocenters. The van der Waals surface area contributed by atoms with E-state index in [2.05, 4.69) is 54.3 Å². The zero-order chi connectivity index (χ0) is 15.9. The summed E-state index contributed by atoms with van der Waals surface area (Å²) in [6, 6.07) is 18.8. The molecule has 0 unspecified atom stereocenters. The second-order valence-electron chi connectivity index (χ2n) is 6.61. The van der Waals surface area contributed by atoms with E-state index in [0.29, 0.717) is 0 Å². The quantitative estimate of drug-likeness (QED) is 0.707. The maximum atomic E-state index is 6.08. The fourth-order valence-electron chi connectivity index (χ4n) is 3.41. The molecule has 0 N–H and O–H groups in total. The maximum Gasteiger partial charge on any atom is 0.127 e. The van der Waals surface area contributed by atoms with Gasteiger partial charge in [0.05, 0.1) is 6.61 Å². The molecule has 1 aliphatic heterocycles. The van der Waals surface area contributed by atoms with Gasteiger partial charge in [0.2, 0.25) is 0 Å². The van der Waals surface area contributed by atoms with Crippen LogP contribution in [0.3, 0.4) is 0 Å². The minimum Gasteiger partial charge on any atom is -0.493 e. The van der Waals surface area contributed by atoms with E-state index in [1.807, 2.05) is 12.1 Å². The minimum absolute atomic E-state index is 0.786. The molecule has 1 heterocycles. The first kappa shape index (κ1) is 16.1. The highest BCUT2D eigenvalue weighted by molar-refractivity contribution is 5.70. The first-order valence-electron chi connectivity index (χ1n) is 8.82. The summed E-state index contributed by atoms with van der Waals surface area (Å²) in [4.78, 5) is 2.58. The molecule has 2 heteroatoms. The van der Waals surface area contributed by atoms with Crippen LogP contribution >= 0.6 is 0 Å². The third-order valence-corrected chi connectivity index (χ3v) is 4.59. The summed E-state index contributed by atoms with van der Waals surface area (Å²) in [7, 11) is 0. The Hall–Kier alpha value is -1.80. The smallest absolute Gasteiger partial charge is 0.127 e. The molecule has 3 rings (SSSR count). The van der Waals surface area contributed by atoms with Crippen LogP contribution in [-0.2, 0) is 0 Å². The van der Waals surface area contributed by atoms with Crippen molar-refractivity contribution >= 4 is 0 Å². The second-order valence-corrected chi connectivity index (χ2v) is 6.61. The highest BCUT2D eigenvalue weighted by atomic mass is 16.5. The van der Waals surface area contributed by atoms with Gasteiger partial charge in [-0.3, -0.25) is 0 Å². The fourth-order valence-corrected chi connectivity index (χ4v) is 3.41. The third kappa shape index (κ3) is 4.59. The molecule has 0 spiro atoms. The molecule has 0 aliphatic carbocycles. The SMILES string of the molecule is C[C@@H]1CCCN(CCCOc2ccccc2-c2ccccc2)C1.